The molecule has 0 spiro atoms. The van der Waals surface area contributed by atoms with E-state index in [0.29, 0.717) is 13.2 Å². The molecule has 0 saturated heterocycles. The molecule has 0 bridgehead atoms. The third-order valence-corrected chi connectivity index (χ3v) is 4.43. The number of methoxy groups -OCH3 is 1. The maximum absolute atomic E-state index is 6.32. The maximum Gasteiger partial charge on any atom is 0.133 e. The zero-order valence-electron chi connectivity index (χ0n) is 11.7. The van der Waals surface area contributed by atoms with E-state index in [1.165, 1.54) is 3.57 Å². The van der Waals surface area contributed by atoms with Gasteiger partial charge >= 0.3 is 0 Å². The molecule has 0 aliphatic heterocycles. The number of benzene rings is 2. The molecule has 21 heavy (non-hydrogen) atoms. The predicted molar refractivity (Wildman–Crippen MR) is 96.7 cm³/mol. The summed E-state index contributed by atoms with van der Waals surface area (Å²) in [5, 5.41) is 0. The fourth-order valence-corrected chi connectivity index (χ4v) is 2.80. The third kappa shape index (κ3) is 4.67. The molecule has 0 aromatic heterocycles. The predicted octanol–water partition coefficient (Wildman–Crippen LogP) is 4.13. The van der Waals surface area contributed by atoms with E-state index < -0.39 is 0 Å². The molecule has 3 nitrogen and oxygen atoms in total. The van der Waals surface area contributed by atoms with Crippen molar-refractivity contribution in [3.8, 4) is 5.75 Å². The van der Waals surface area contributed by atoms with Gasteiger partial charge in [-0.3, -0.25) is 0 Å². The summed E-state index contributed by atoms with van der Waals surface area (Å²) in [5.74, 6) is 0.797. The zero-order valence-corrected chi connectivity index (χ0v) is 15.4. The number of rotatable bonds is 6. The molecule has 0 heterocycles. The highest BCUT2D eigenvalue weighted by Gasteiger charge is 2.11. The molecular weight excluding hydrogens is 445 g/mol. The van der Waals surface area contributed by atoms with Crippen LogP contribution >= 0.6 is 38.5 Å². The summed E-state index contributed by atoms with van der Waals surface area (Å²) in [6.45, 7) is 1.09. The van der Waals surface area contributed by atoms with Crippen LogP contribution < -0.4 is 10.5 Å². The molecule has 0 aliphatic rings. The van der Waals surface area contributed by atoms with Gasteiger partial charge in [0.25, 0.3) is 0 Å². The summed E-state index contributed by atoms with van der Waals surface area (Å²) in [6.07, 6.45) is 0. The SMILES string of the molecule is COCCOc1ccc(C(N)c2ccc(I)cc2)cc1Br. The summed E-state index contributed by atoms with van der Waals surface area (Å²) < 4.78 is 12.7. The van der Waals surface area contributed by atoms with Crippen LogP contribution in [0.1, 0.15) is 17.2 Å². The van der Waals surface area contributed by atoms with Crippen molar-refractivity contribution in [1.82, 2.24) is 0 Å². The highest BCUT2D eigenvalue weighted by molar-refractivity contribution is 14.1. The molecule has 0 amide bonds. The summed E-state index contributed by atoms with van der Waals surface area (Å²) >= 11 is 5.81. The molecular formula is C16H17BrINO2. The van der Waals surface area contributed by atoms with Gasteiger partial charge in [-0.25, -0.2) is 0 Å². The van der Waals surface area contributed by atoms with E-state index in [0.717, 1.165) is 21.3 Å². The Bertz CT molecular complexity index is 589. The van der Waals surface area contributed by atoms with Crippen LogP contribution in [0, 0.1) is 3.57 Å². The number of hydrogen-bond acceptors (Lipinski definition) is 3. The van der Waals surface area contributed by atoms with E-state index in [4.69, 9.17) is 15.2 Å². The average molecular weight is 462 g/mol. The van der Waals surface area contributed by atoms with Crippen molar-refractivity contribution in [1.29, 1.82) is 0 Å². The van der Waals surface area contributed by atoms with Gasteiger partial charge < -0.3 is 15.2 Å². The van der Waals surface area contributed by atoms with Gasteiger partial charge in [0, 0.05) is 10.7 Å². The lowest BCUT2D eigenvalue weighted by molar-refractivity contribution is 0.146. The number of ether oxygens (including phenoxy) is 2. The van der Waals surface area contributed by atoms with Crippen LogP contribution in [0.3, 0.4) is 0 Å². The van der Waals surface area contributed by atoms with Crippen molar-refractivity contribution in [3.63, 3.8) is 0 Å². The van der Waals surface area contributed by atoms with Gasteiger partial charge in [-0.05, 0) is 73.9 Å². The van der Waals surface area contributed by atoms with E-state index >= 15 is 0 Å². The molecule has 2 aromatic rings. The average Bonchev–Trinajstić information content (AvgIpc) is 2.49. The third-order valence-electron chi connectivity index (χ3n) is 3.09. The second kappa shape index (κ2) is 8.12. The molecule has 1 unspecified atom stereocenters. The van der Waals surface area contributed by atoms with E-state index in [1.807, 2.05) is 18.2 Å². The van der Waals surface area contributed by atoms with Gasteiger partial charge in [-0.15, -0.1) is 0 Å². The Labute approximate surface area is 147 Å². The first-order valence-electron chi connectivity index (χ1n) is 6.54. The van der Waals surface area contributed by atoms with Gasteiger partial charge in [-0.1, -0.05) is 18.2 Å². The molecule has 2 rings (SSSR count). The monoisotopic (exact) mass is 461 g/mol. The van der Waals surface area contributed by atoms with Crippen LogP contribution in [0.5, 0.6) is 5.75 Å². The molecule has 1 atom stereocenters. The second-order valence-electron chi connectivity index (χ2n) is 4.56. The lowest BCUT2D eigenvalue weighted by atomic mass is 10.00. The van der Waals surface area contributed by atoms with Gasteiger partial charge in [0.05, 0.1) is 17.1 Å². The lowest BCUT2D eigenvalue weighted by Crippen LogP contribution is -2.12. The van der Waals surface area contributed by atoms with Crippen molar-refractivity contribution >= 4 is 38.5 Å². The molecule has 0 radical (unpaired) electrons. The Morgan fingerprint density at radius 2 is 1.76 bits per heavy atom. The Hall–Kier alpha value is -0.630. The van der Waals surface area contributed by atoms with E-state index in [2.05, 4.69) is 62.8 Å². The molecule has 0 fully saturated rings. The van der Waals surface area contributed by atoms with Gasteiger partial charge in [0.15, 0.2) is 0 Å². The number of halogens is 2. The van der Waals surface area contributed by atoms with Crippen molar-refractivity contribution in [2.75, 3.05) is 20.3 Å². The standard InChI is InChI=1S/C16H17BrINO2/c1-20-8-9-21-15-7-4-12(10-14(15)17)16(19)11-2-5-13(18)6-3-11/h2-7,10,16H,8-9,19H2,1H3. The Morgan fingerprint density at radius 1 is 1.10 bits per heavy atom. The second-order valence-corrected chi connectivity index (χ2v) is 6.66. The Balaban J connectivity index is 2.13. The summed E-state index contributed by atoms with van der Waals surface area (Å²) in [7, 11) is 1.65. The quantitative estimate of drug-likeness (QED) is 0.519. The molecule has 0 aliphatic carbocycles. The van der Waals surface area contributed by atoms with Gasteiger partial charge in [0.2, 0.25) is 0 Å². The highest BCUT2D eigenvalue weighted by atomic mass is 127. The van der Waals surface area contributed by atoms with Crippen molar-refractivity contribution in [2.45, 2.75) is 6.04 Å². The minimum Gasteiger partial charge on any atom is -0.490 e. The van der Waals surface area contributed by atoms with Crippen molar-refractivity contribution in [2.24, 2.45) is 5.73 Å². The smallest absolute Gasteiger partial charge is 0.133 e. The van der Waals surface area contributed by atoms with Crippen molar-refractivity contribution in [3.05, 3.63) is 61.6 Å². The van der Waals surface area contributed by atoms with E-state index in [9.17, 15) is 0 Å². The normalized spacial score (nSPS) is 12.2. The van der Waals surface area contributed by atoms with Crippen LogP contribution in [-0.2, 0) is 4.74 Å². The van der Waals surface area contributed by atoms with Crippen LogP contribution in [0.15, 0.2) is 46.9 Å². The lowest BCUT2D eigenvalue weighted by Gasteiger charge is -2.15. The first-order chi connectivity index (χ1) is 10.1. The molecule has 2 N–H and O–H groups in total. The minimum absolute atomic E-state index is 0.147. The topological polar surface area (TPSA) is 44.5 Å². The first kappa shape index (κ1) is 16.7. The number of nitrogens with two attached hydrogens (primary N) is 1. The zero-order chi connectivity index (χ0) is 15.2. The maximum atomic E-state index is 6.32. The molecule has 5 heteroatoms. The number of hydrogen-bond donors (Lipinski definition) is 1. The molecule has 112 valence electrons. The first-order valence-corrected chi connectivity index (χ1v) is 8.41. The van der Waals surface area contributed by atoms with Crippen LogP contribution in [-0.4, -0.2) is 20.3 Å². The Kier molecular flexibility index (Phi) is 6.47. The van der Waals surface area contributed by atoms with Crippen molar-refractivity contribution < 1.29 is 9.47 Å². The van der Waals surface area contributed by atoms with Crippen LogP contribution in [0.2, 0.25) is 0 Å². The largest absolute Gasteiger partial charge is 0.490 e. The fourth-order valence-electron chi connectivity index (χ4n) is 1.93. The molecule has 2 aromatic carbocycles. The van der Waals surface area contributed by atoms with Crippen LogP contribution in [0.25, 0.3) is 0 Å². The van der Waals surface area contributed by atoms with E-state index in [1.54, 1.807) is 7.11 Å². The van der Waals surface area contributed by atoms with Gasteiger partial charge in [-0.2, -0.15) is 0 Å². The summed E-state index contributed by atoms with van der Waals surface area (Å²) in [5.41, 5.74) is 8.46. The van der Waals surface area contributed by atoms with Crippen LogP contribution in [0.4, 0.5) is 0 Å². The minimum atomic E-state index is -0.147. The summed E-state index contributed by atoms with van der Waals surface area (Å²) in [4.78, 5) is 0. The fraction of sp³-hybridized carbons (Fsp3) is 0.250. The van der Waals surface area contributed by atoms with E-state index in [-0.39, 0.29) is 6.04 Å². The summed E-state index contributed by atoms with van der Waals surface area (Å²) in [6, 6.07) is 14.0. The molecule has 0 saturated carbocycles. The Morgan fingerprint density at radius 3 is 2.38 bits per heavy atom. The van der Waals surface area contributed by atoms with Gasteiger partial charge in [0.1, 0.15) is 12.4 Å². The highest BCUT2D eigenvalue weighted by Crippen LogP contribution is 2.30.